The molecule has 2 aliphatic carbocycles. The molecule has 1 amide bonds. The van der Waals surface area contributed by atoms with Gasteiger partial charge in [0.1, 0.15) is 0 Å². The zero-order valence-electron chi connectivity index (χ0n) is 9.95. The van der Waals surface area contributed by atoms with Gasteiger partial charge in [0.15, 0.2) is 0 Å². The summed E-state index contributed by atoms with van der Waals surface area (Å²) in [5.74, 6) is 1.62. The van der Waals surface area contributed by atoms with E-state index in [2.05, 4.69) is 18.3 Å². The second-order valence-corrected chi connectivity index (χ2v) is 5.00. The summed E-state index contributed by atoms with van der Waals surface area (Å²) in [6.45, 7) is 2.17. The highest BCUT2D eigenvalue weighted by atomic mass is 16.5. The molecule has 0 aromatic rings. The molecule has 2 unspecified atom stereocenters. The largest absolute Gasteiger partial charge is 0.495 e. The van der Waals surface area contributed by atoms with Gasteiger partial charge in [-0.2, -0.15) is 0 Å². The van der Waals surface area contributed by atoms with Crippen LogP contribution in [0.4, 0.5) is 0 Å². The van der Waals surface area contributed by atoms with Gasteiger partial charge in [0.25, 0.3) is 0 Å². The monoisotopic (exact) mass is 223 g/mol. The number of carbonyl (C=O) groups is 1. The average molecular weight is 223 g/mol. The van der Waals surface area contributed by atoms with Gasteiger partial charge < -0.3 is 10.1 Å². The number of nitrogens with one attached hydrogen (secondary N) is 1. The number of hydrogen-bond acceptors (Lipinski definition) is 2. The van der Waals surface area contributed by atoms with Crippen LogP contribution >= 0.6 is 0 Å². The molecule has 2 aliphatic rings. The van der Waals surface area contributed by atoms with Crippen molar-refractivity contribution in [3.05, 3.63) is 11.8 Å². The number of ether oxygens (including phenoxy) is 1. The predicted octanol–water partition coefficient (Wildman–Crippen LogP) is 2.37. The van der Waals surface area contributed by atoms with E-state index in [1.54, 1.807) is 0 Å². The smallest absolute Gasteiger partial charge is 0.207 e. The Morgan fingerprint density at radius 1 is 1.44 bits per heavy atom. The Hall–Kier alpha value is -0.990. The highest BCUT2D eigenvalue weighted by Gasteiger charge is 2.25. The van der Waals surface area contributed by atoms with Gasteiger partial charge in [-0.25, -0.2) is 0 Å². The first-order valence-corrected chi connectivity index (χ1v) is 6.35. The first kappa shape index (κ1) is 11.5. The molecule has 0 heterocycles. The van der Waals surface area contributed by atoms with Crippen molar-refractivity contribution in [2.45, 2.75) is 57.6 Å². The van der Waals surface area contributed by atoms with E-state index in [0.717, 1.165) is 25.0 Å². The van der Waals surface area contributed by atoms with Gasteiger partial charge in [0.2, 0.25) is 6.41 Å². The lowest BCUT2D eigenvalue weighted by atomic mass is 9.89. The second kappa shape index (κ2) is 5.37. The van der Waals surface area contributed by atoms with Crippen molar-refractivity contribution in [1.29, 1.82) is 0 Å². The molecule has 16 heavy (non-hydrogen) atoms. The van der Waals surface area contributed by atoms with Gasteiger partial charge in [0.05, 0.1) is 11.9 Å². The van der Waals surface area contributed by atoms with Crippen LogP contribution in [0.15, 0.2) is 11.8 Å². The summed E-state index contributed by atoms with van der Waals surface area (Å²) in [6.07, 6.45) is 10.3. The van der Waals surface area contributed by atoms with Crippen molar-refractivity contribution in [3.63, 3.8) is 0 Å². The fourth-order valence-electron chi connectivity index (χ4n) is 2.67. The van der Waals surface area contributed by atoms with Gasteiger partial charge in [-0.3, -0.25) is 4.79 Å². The number of allylic oxidation sites excluding steroid dienone is 1. The number of rotatable bonds is 4. The third kappa shape index (κ3) is 2.77. The molecule has 0 aromatic carbocycles. The molecule has 2 rings (SSSR count). The molecule has 1 saturated carbocycles. The maximum absolute atomic E-state index is 10.4. The fraction of sp³-hybridized carbons (Fsp3) is 0.769. The lowest BCUT2D eigenvalue weighted by Crippen LogP contribution is -2.36. The Kier molecular flexibility index (Phi) is 3.86. The molecule has 0 spiro atoms. The van der Waals surface area contributed by atoms with Gasteiger partial charge in [-0.05, 0) is 44.1 Å². The van der Waals surface area contributed by atoms with E-state index in [0.29, 0.717) is 12.0 Å². The average Bonchev–Trinajstić information content (AvgIpc) is 2.75. The number of hydrogen-bond donors (Lipinski definition) is 1. The normalized spacial score (nSPS) is 30.9. The van der Waals surface area contributed by atoms with Crippen molar-refractivity contribution in [3.8, 4) is 0 Å². The summed E-state index contributed by atoms with van der Waals surface area (Å²) in [7, 11) is 0. The minimum atomic E-state index is 0.286. The van der Waals surface area contributed by atoms with Gasteiger partial charge in [-0.1, -0.05) is 6.92 Å². The van der Waals surface area contributed by atoms with E-state index in [-0.39, 0.29) is 6.04 Å². The van der Waals surface area contributed by atoms with Crippen LogP contribution < -0.4 is 5.32 Å². The number of amides is 1. The molecule has 0 bridgehead atoms. The van der Waals surface area contributed by atoms with Crippen molar-refractivity contribution < 1.29 is 9.53 Å². The molecule has 3 nitrogen and oxygen atoms in total. The van der Waals surface area contributed by atoms with Crippen molar-refractivity contribution in [1.82, 2.24) is 5.32 Å². The zero-order valence-corrected chi connectivity index (χ0v) is 9.95. The minimum Gasteiger partial charge on any atom is -0.495 e. The van der Waals surface area contributed by atoms with Gasteiger partial charge in [-0.15, -0.1) is 0 Å². The zero-order chi connectivity index (χ0) is 11.4. The van der Waals surface area contributed by atoms with Crippen molar-refractivity contribution in [2.75, 3.05) is 0 Å². The SMILES string of the molecule is CC1CC(OC2CCCC2)=CCC1NC=O. The van der Waals surface area contributed by atoms with Crippen molar-refractivity contribution >= 4 is 6.41 Å². The Bertz CT molecular complexity index is 269. The second-order valence-electron chi connectivity index (χ2n) is 5.00. The standard InChI is InChI=1S/C13H21NO2/c1-10-8-12(6-7-13(10)14-9-15)16-11-4-2-3-5-11/h6,9-11,13H,2-5,7-8H2,1H3,(H,14,15). The molecular weight excluding hydrogens is 202 g/mol. The summed E-state index contributed by atoms with van der Waals surface area (Å²) in [5.41, 5.74) is 0. The molecule has 0 aromatic heterocycles. The molecule has 2 atom stereocenters. The Morgan fingerprint density at radius 3 is 2.81 bits per heavy atom. The topological polar surface area (TPSA) is 38.3 Å². The van der Waals surface area contributed by atoms with E-state index < -0.39 is 0 Å². The Balaban J connectivity index is 1.85. The summed E-state index contributed by atoms with van der Waals surface area (Å²) in [6, 6.07) is 0.286. The quantitative estimate of drug-likeness (QED) is 0.743. The molecule has 0 aliphatic heterocycles. The maximum Gasteiger partial charge on any atom is 0.207 e. The van der Waals surface area contributed by atoms with Crippen LogP contribution in [0.3, 0.4) is 0 Å². The Labute approximate surface area is 97.2 Å². The lowest BCUT2D eigenvalue weighted by Gasteiger charge is -2.29. The lowest BCUT2D eigenvalue weighted by molar-refractivity contribution is -0.110. The highest BCUT2D eigenvalue weighted by Crippen LogP contribution is 2.29. The van der Waals surface area contributed by atoms with Gasteiger partial charge in [0, 0.05) is 12.5 Å². The van der Waals surface area contributed by atoms with Crippen LogP contribution in [0.25, 0.3) is 0 Å². The van der Waals surface area contributed by atoms with Crippen LogP contribution in [0.1, 0.15) is 45.4 Å². The van der Waals surface area contributed by atoms with E-state index in [4.69, 9.17) is 4.74 Å². The van der Waals surface area contributed by atoms with Crippen LogP contribution in [0.2, 0.25) is 0 Å². The van der Waals surface area contributed by atoms with Crippen LogP contribution in [-0.4, -0.2) is 18.6 Å². The molecule has 3 heteroatoms. The fourth-order valence-corrected chi connectivity index (χ4v) is 2.67. The van der Waals surface area contributed by atoms with Gasteiger partial charge >= 0.3 is 0 Å². The molecule has 0 radical (unpaired) electrons. The Morgan fingerprint density at radius 2 is 2.19 bits per heavy atom. The van der Waals surface area contributed by atoms with Crippen molar-refractivity contribution in [2.24, 2.45) is 5.92 Å². The first-order chi connectivity index (χ1) is 7.79. The summed E-state index contributed by atoms with van der Waals surface area (Å²) in [5, 5.41) is 2.87. The first-order valence-electron chi connectivity index (χ1n) is 6.35. The molecule has 90 valence electrons. The molecular formula is C13H21NO2. The molecule has 1 N–H and O–H groups in total. The number of carbonyl (C=O) groups excluding carboxylic acids is 1. The van der Waals surface area contributed by atoms with E-state index in [9.17, 15) is 4.79 Å². The van der Waals surface area contributed by atoms with Crippen LogP contribution in [0.5, 0.6) is 0 Å². The molecule has 0 saturated heterocycles. The van der Waals surface area contributed by atoms with Crippen LogP contribution in [-0.2, 0) is 9.53 Å². The van der Waals surface area contributed by atoms with E-state index in [1.807, 2.05) is 0 Å². The summed E-state index contributed by atoms with van der Waals surface area (Å²) >= 11 is 0. The third-order valence-corrected chi connectivity index (χ3v) is 3.71. The maximum atomic E-state index is 10.4. The van der Waals surface area contributed by atoms with E-state index >= 15 is 0 Å². The molecule has 1 fully saturated rings. The summed E-state index contributed by atoms with van der Waals surface area (Å²) in [4.78, 5) is 10.4. The third-order valence-electron chi connectivity index (χ3n) is 3.71. The summed E-state index contributed by atoms with van der Waals surface area (Å²) < 4.78 is 5.99. The van der Waals surface area contributed by atoms with Crippen LogP contribution in [0, 0.1) is 5.92 Å². The predicted molar refractivity (Wildman–Crippen MR) is 62.8 cm³/mol. The highest BCUT2D eigenvalue weighted by molar-refractivity contribution is 5.47. The minimum absolute atomic E-state index is 0.286. The van der Waals surface area contributed by atoms with E-state index in [1.165, 1.54) is 25.7 Å².